The lowest BCUT2D eigenvalue weighted by molar-refractivity contribution is -0.367. The highest BCUT2D eigenvalue weighted by atomic mass is 16.8. The summed E-state index contributed by atoms with van der Waals surface area (Å²) in [6.45, 7) is 3.93. The van der Waals surface area contributed by atoms with Gasteiger partial charge in [-0.05, 0) is 16.7 Å². The number of amides is 1. The van der Waals surface area contributed by atoms with Gasteiger partial charge < -0.3 is 67.3 Å². The molecule has 0 aromatic heterocycles. The van der Waals surface area contributed by atoms with E-state index >= 15 is 0 Å². The van der Waals surface area contributed by atoms with Crippen LogP contribution in [0.1, 0.15) is 51.3 Å². The molecule has 2 fully saturated rings. The molecule has 2 heterocycles. The Morgan fingerprint density at radius 2 is 1.18 bits per heavy atom. The third kappa shape index (κ3) is 14.3. The normalized spacial score (nSPS) is 26.6. The van der Waals surface area contributed by atoms with Gasteiger partial charge in [0.05, 0.1) is 39.6 Å². The third-order valence-corrected chi connectivity index (χ3v) is 10.8. The topological polar surface area (TPSA) is 245 Å². The van der Waals surface area contributed by atoms with Crippen LogP contribution in [0.15, 0.2) is 91.0 Å². The van der Waals surface area contributed by atoms with E-state index < -0.39 is 122 Å². The van der Waals surface area contributed by atoms with E-state index in [9.17, 15) is 33.9 Å². The molecule has 370 valence electrons. The van der Waals surface area contributed by atoms with Gasteiger partial charge in [-0.3, -0.25) is 24.0 Å². The number of aliphatic hydroxyl groups is 1. The van der Waals surface area contributed by atoms with Crippen LogP contribution in [0.5, 0.6) is 0 Å². The fourth-order valence-electron chi connectivity index (χ4n) is 7.86. The second-order valence-electron chi connectivity index (χ2n) is 15.9. The van der Waals surface area contributed by atoms with Crippen LogP contribution in [0.25, 0.3) is 0 Å². The molecule has 5 rings (SSSR count). The summed E-state index contributed by atoms with van der Waals surface area (Å²) in [7, 11) is 2.35. The predicted octanol–water partition coefficient (Wildman–Crippen LogP) is 2.62. The lowest BCUT2D eigenvalue weighted by atomic mass is 9.85. The largest absolute Gasteiger partial charge is 0.465 e. The fourth-order valence-corrected chi connectivity index (χ4v) is 7.86. The molecule has 0 radical (unpaired) electrons. The lowest BCUT2D eigenvalue weighted by Gasteiger charge is -2.51. The molecule has 3 aromatic carbocycles. The molecule has 68 heavy (non-hydrogen) atoms. The van der Waals surface area contributed by atoms with Crippen molar-refractivity contribution in [2.45, 2.75) is 127 Å². The van der Waals surface area contributed by atoms with Gasteiger partial charge in [-0.1, -0.05) is 91.0 Å². The molecule has 0 unspecified atom stereocenters. The standard InChI is InChI=1S/C48H59NO19/c1-28(50)49-38-41(40(65-31(4)53)36(64-30(3)52)26-59-29(2)51)68-48(47(56)58-7,45(55)42(38)66-32(5)54)63-27-37-39(60-23-33-17-11-8-12-18-33)43(61-24-34-19-13-9-14-20-34)44(46(57-6)67-37)62-25-35-21-15-10-16-22-35/h8-22,36-46,55H,23-27H2,1-7H3,(H,49,50)/t36-,37-,38+,39-,40-,41+,42-,43+,44-,45+,46+,48-/m1/s1. The van der Waals surface area contributed by atoms with Gasteiger partial charge >= 0.3 is 35.6 Å². The molecular weight excluding hydrogens is 895 g/mol. The van der Waals surface area contributed by atoms with E-state index in [0.29, 0.717) is 0 Å². The zero-order valence-corrected chi connectivity index (χ0v) is 38.8. The van der Waals surface area contributed by atoms with Gasteiger partial charge in [0, 0.05) is 41.7 Å². The van der Waals surface area contributed by atoms with Gasteiger partial charge in [0.25, 0.3) is 0 Å². The number of ether oxygens (including phenoxy) is 12. The fraction of sp³-hybridized carbons (Fsp3) is 0.500. The van der Waals surface area contributed by atoms with E-state index in [-0.39, 0.29) is 19.8 Å². The van der Waals surface area contributed by atoms with E-state index in [1.54, 1.807) is 0 Å². The summed E-state index contributed by atoms with van der Waals surface area (Å²) in [6.07, 6.45) is -15.3. The number of esters is 5. The highest BCUT2D eigenvalue weighted by Crippen LogP contribution is 2.39. The predicted molar refractivity (Wildman–Crippen MR) is 233 cm³/mol. The van der Waals surface area contributed by atoms with Crippen molar-refractivity contribution in [1.82, 2.24) is 5.32 Å². The van der Waals surface area contributed by atoms with Crippen LogP contribution in [-0.2, 0) is 105 Å². The summed E-state index contributed by atoms with van der Waals surface area (Å²) < 4.78 is 72.1. The molecule has 2 saturated heterocycles. The average molecular weight is 954 g/mol. The van der Waals surface area contributed by atoms with Crippen molar-refractivity contribution in [2.24, 2.45) is 0 Å². The lowest BCUT2D eigenvalue weighted by Crippen LogP contribution is -2.75. The van der Waals surface area contributed by atoms with Crippen molar-refractivity contribution in [1.29, 1.82) is 0 Å². The zero-order valence-electron chi connectivity index (χ0n) is 38.8. The van der Waals surface area contributed by atoms with Crippen LogP contribution >= 0.6 is 0 Å². The number of hydrogen-bond donors (Lipinski definition) is 2. The summed E-state index contributed by atoms with van der Waals surface area (Å²) in [5, 5.41) is 14.8. The Morgan fingerprint density at radius 3 is 1.63 bits per heavy atom. The van der Waals surface area contributed by atoms with Crippen molar-refractivity contribution in [3.05, 3.63) is 108 Å². The van der Waals surface area contributed by atoms with Gasteiger partial charge in [-0.2, -0.15) is 0 Å². The molecule has 1 amide bonds. The number of carbonyl (C=O) groups is 6. The van der Waals surface area contributed by atoms with E-state index in [0.717, 1.165) is 58.4 Å². The second kappa shape index (κ2) is 25.5. The molecule has 20 heteroatoms. The molecule has 3 aromatic rings. The minimum Gasteiger partial charge on any atom is -0.465 e. The summed E-state index contributed by atoms with van der Waals surface area (Å²) in [5.41, 5.74) is 2.42. The molecule has 2 aliphatic heterocycles. The Bertz CT molecular complexity index is 2110. The number of carbonyl (C=O) groups excluding carboxylic acids is 6. The molecule has 12 atom stereocenters. The SMILES string of the molecule is COC(=O)[C@]1(OC[C@H]2O[C@H](OC)[C@H](OCc3ccccc3)[C@@H](OCc3ccccc3)[C@@H]2OCc2ccccc2)O[C@H]([C@H](OC(C)=O)[C@@H](COC(C)=O)OC(C)=O)[C@H](NC(C)=O)[C@@H](OC(C)=O)[C@@H]1O. The van der Waals surface area contributed by atoms with E-state index in [1.165, 1.54) is 7.11 Å². The Labute approximate surface area is 393 Å². The highest BCUT2D eigenvalue weighted by molar-refractivity contribution is 5.80. The van der Waals surface area contributed by atoms with Crippen LogP contribution in [0.2, 0.25) is 0 Å². The zero-order chi connectivity index (χ0) is 49.4. The maximum atomic E-state index is 14.3. The van der Waals surface area contributed by atoms with E-state index in [1.807, 2.05) is 91.0 Å². The van der Waals surface area contributed by atoms with Crippen LogP contribution in [0.3, 0.4) is 0 Å². The van der Waals surface area contributed by atoms with Crippen molar-refractivity contribution in [3.63, 3.8) is 0 Å². The number of nitrogens with one attached hydrogen (secondary N) is 1. The van der Waals surface area contributed by atoms with E-state index in [4.69, 9.17) is 56.8 Å². The summed E-state index contributed by atoms with van der Waals surface area (Å²) in [5.74, 6) is -8.96. The highest BCUT2D eigenvalue weighted by Gasteiger charge is 2.65. The molecule has 0 saturated carbocycles. The number of hydrogen-bond acceptors (Lipinski definition) is 19. The minimum absolute atomic E-state index is 0.0137. The number of rotatable bonds is 22. The number of benzene rings is 3. The van der Waals surface area contributed by atoms with Gasteiger partial charge in [0.2, 0.25) is 5.91 Å². The maximum Gasteiger partial charge on any atom is 0.369 e. The molecular formula is C48H59NO19. The van der Waals surface area contributed by atoms with Gasteiger partial charge in [-0.15, -0.1) is 0 Å². The molecule has 20 nitrogen and oxygen atoms in total. The molecule has 2 aliphatic rings. The van der Waals surface area contributed by atoms with E-state index in [2.05, 4.69) is 5.32 Å². The van der Waals surface area contributed by atoms with Gasteiger partial charge in [0.1, 0.15) is 37.1 Å². The van der Waals surface area contributed by atoms with Crippen LogP contribution in [0, 0.1) is 0 Å². The second-order valence-corrected chi connectivity index (χ2v) is 15.9. The Hall–Kier alpha value is -5.84. The minimum atomic E-state index is -3.04. The van der Waals surface area contributed by atoms with Crippen LogP contribution in [-0.4, -0.2) is 141 Å². The van der Waals surface area contributed by atoms with Crippen LogP contribution in [0.4, 0.5) is 0 Å². The molecule has 0 bridgehead atoms. The molecule has 0 aliphatic carbocycles. The Kier molecular flexibility index (Phi) is 19.9. The Balaban J connectivity index is 1.63. The third-order valence-electron chi connectivity index (χ3n) is 10.8. The average Bonchev–Trinajstić information content (AvgIpc) is 3.31. The first-order chi connectivity index (χ1) is 32.6. The monoisotopic (exact) mass is 953 g/mol. The van der Waals surface area contributed by atoms with Gasteiger partial charge in [-0.25, -0.2) is 4.79 Å². The molecule has 0 spiro atoms. The number of methoxy groups -OCH3 is 2. The van der Waals surface area contributed by atoms with Crippen molar-refractivity contribution in [3.8, 4) is 0 Å². The van der Waals surface area contributed by atoms with Crippen LogP contribution < -0.4 is 5.32 Å². The Morgan fingerprint density at radius 1 is 0.662 bits per heavy atom. The number of aliphatic hydroxyl groups excluding tert-OH is 1. The quantitative estimate of drug-likeness (QED) is 0.109. The van der Waals surface area contributed by atoms with Crippen molar-refractivity contribution in [2.75, 3.05) is 27.4 Å². The molecule has 2 N–H and O–H groups in total. The van der Waals surface area contributed by atoms with Crippen molar-refractivity contribution >= 4 is 35.8 Å². The summed E-state index contributed by atoms with van der Waals surface area (Å²) in [6, 6.07) is 26.2. The summed E-state index contributed by atoms with van der Waals surface area (Å²) >= 11 is 0. The first kappa shape index (κ1) is 53.1. The van der Waals surface area contributed by atoms with Gasteiger partial charge in [0.15, 0.2) is 30.7 Å². The maximum absolute atomic E-state index is 14.3. The smallest absolute Gasteiger partial charge is 0.369 e. The first-order valence-electron chi connectivity index (χ1n) is 21.7. The first-order valence-corrected chi connectivity index (χ1v) is 21.7. The summed E-state index contributed by atoms with van der Waals surface area (Å²) in [4.78, 5) is 77.3. The van der Waals surface area contributed by atoms with Crippen molar-refractivity contribution < 1.29 is 90.7 Å².